The molecule has 3 nitrogen and oxygen atoms in total. The van der Waals surface area contributed by atoms with Crippen LogP contribution in [0, 0.1) is 5.41 Å². The molecule has 78 valence electrons. The van der Waals surface area contributed by atoms with Gasteiger partial charge in [0.25, 0.3) is 0 Å². The van der Waals surface area contributed by atoms with Gasteiger partial charge in [0.1, 0.15) is 0 Å². The Morgan fingerprint density at radius 3 is 2.54 bits per heavy atom. The third-order valence-corrected chi connectivity index (χ3v) is 2.46. The summed E-state index contributed by atoms with van der Waals surface area (Å²) in [5.74, 6) is 0.233. The molecule has 0 bridgehead atoms. The van der Waals surface area contributed by atoms with Gasteiger partial charge in [-0.1, -0.05) is 0 Å². The van der Waals surface area contributed by atoms with Gasteiger partial charge in [0.15, 0.2) is 0 Å². The van der Waals surface area contributed by atoms with E-state index < -0.39 is 5.41 Å². The van der Waals surface area contributed by atoms with Gasteiger partial charge in [-0.2, -0.15) is 0 Å². The first kappa shape index (κ1) is 12.7. The number of carbonyl (C=O) groups excluding carboxylic acids is 1. The maximum absolute atomic E-state index is 11.4. The molecular formula is C9H18ClNO2. The summed E-state index contributed by atoms with van der Waals surface area (Å²) in [6.45, 7) is 5.77. The molecule has 0 aromatic carbocycles. The lowest BCUT2D eigenvalue weighted by Crippen LogP contribution is -2.39. The molecule has 4 heteroatoms. The average Bonchev–Trinajstić information content (AvgIpc) is 2.03. The molecule has 0 aliphatic carbocycles. The second kappa shape index (κ2) is 5.45. The van der Waals surface area contributed by atoms with Crippen LogP contribution in [-0.2, 0) is 4.79 Å². The summed E-state index contributed by atoms with van der Waals surface area (Å²) < 4.78 is 0. The minimum atomic E-state index is -0.528. The Morgan fingerprint density at radius 1 is 1.62 bits per heavy atom. The number of carbonyl (C=O) groups is 1. The fourth-order valence-electron chi connectivity index (χ4n) is 0.695. The van der Waals surface area contributed by atoms with Crippen LogP contribution in [0.5, 0.6) is 0 Å². The van der Waals surface area contributed by atoms with Gasteiger partial charge in [-0.15, -0.1) is 11.6 Å². The van der Waals surface area contributed by atoms with Gasteiger partial charge in [0, 0.05) is 12.4 Å². The van der Waals surface area contributed by atoms with Crippen LogP contribution in [0.2, 0.25) is 0 Å². The third kappa shape index (κ3) is 5.11. The molecule has 0 aliphatic heterocycles. The molecule has 2 N–H and O–H groups in total. The predicted octanol–water partition coefficient (Wildman–Crippen LogP) is 1.14. The third-order valence-electron chi connectivity index (χ3n) is 1.80. The second-order valence-electron chi connectivity index (χ2n) is 3.91. The van der Waals surface area contributed by atoms with Gasteiger partial charge in [-0.05, 0) is 27.2 Å². The molecular weight excluding hydrogens is 190 g/mol. The fraction of sp³-hybridized carbons (Fsp3) is 0.889. The van der Waals surface area contributed by atoms with Crippen molar-refractivity contribution in [1.29, 1.82) is 0 Å². The number of nitrogens with one attached hydrogen (secondary N) is 1. The Kier molecular flexibility index (Phi) is 5.33. The Hall–Kier alpha value is -0.280. The second-order valence-corrected chi connectivity index (χ2v) is 4.18. The van der Waals surface area contributed by atoms with Crippen molar-refractivity contribution < 1.29 is 9.90 Å². The summed E-state index contributed by atoms with van der Waals surface area (Å²) in [5, 5.41) is 11.7. The minimum absolute atomic E-state index is 0.0665. The molecule has 0 spiro atoms. The van der Waals surface area contributed by atoms with E-state index in [2.05, 4.69) is 5.32 Å². The van der Waals surface area contributed by atoms with Crippen molar-refractivity contribution >= 4 is 17.5 Å². The van der Waals surface area contributed by atoms with Crippen LogP contribution in [0.1, 0.15) is 27.2 Å². The highest BCUT2D eigenvalue weighted by Gasteiger charge is 2.25. The quantitative estimate of drug-likeness (QED) is 0.665. The van der Waals surface area contributed by atoms with Gasteiger partial charge in [0.05, 0.1) is 11.5 Å². The number of rotatable bonds is 5. The lowest BCUT2D eigenvalue weighted by molar-refractivity contribution is -0.128. The van der Waals surface area contributed by atoms with Crippen molar-refractivity contribution in [1.82, 2.24) is 5.32 Å². The lowest BCUT2D eigenvalue weighted by Gasteiger charge is -2.20. The summed E-state index contributed by atoms with van der Waals surface area (Å²) in [6.07, 6.45) is 0.198. The lowest BCUT2D eigenvalue weighted by atomic mass is 9.95. The Labute approximate surface area is 84.5 Å². The standard InChI is InChI=1S/C9H18ClNO2/c1-7(12)4-5-11-8(13)9(2,3)6-10/h7,12H,4-6H2,1-3H3,(H,11,13). The van der Waals surface area contributed by atoms with E-state index in [9.17, 15) is 4.79 Å². The molecule has 13 heavy (non-hydrogen) atoms. The highest BCUT2D eigenvalue weighted by Crippen LogP contribution is 2.16. The number of aliphatic hydroxyl groups excluding tert-OH is 1. The molecule has 0 aromatic rings. The van der Waals surface area contributed by atoms with Gasteiger partial charge in [-0.3, -0.25) is 4.79 Å². The SMILES string of the molecule is CC(O)CCNC(=O)C(C)(C)CCl. The molecule has 0 aromatic heterocycles. The van der Waals surface area contributed by atoms with Gasteiger partial charge < -0.3 is 10.4 Å². The number of hydrogen-bond acceptors (Lipinski definition) is 2. The maximum Gasteiger partial charge on any atom is 0.226 e. The number of aliphatic hydroxyl groups is 1. The molecule has 1 amide bonds. The highest BCUT2D eigenvalue weighted by molar-refractivity contribution is 6.19. The molecule has 0 radical (unpaired) electrons. The number of alkyl halides is 1. The summed E-state index contributed by atoms with van der Waals surface area (Å²) in [5.41, 5.74) is -0.528. The largest absolute Gasteiger partial charge is 0.393 e. The summed E-state index contributed by atoms with van der Waals surface area (Å²) in [7, 11) is 0. The van der Waals surface area contributed by atoms with Crippen LogP contribution in [0.25, 0.3) is 0 Å². The Balaban J connectivity index is 3.75. The summed E-state index contributed by atoms with van der Waals surface area (Å²) in [6, 6.07) is 0. The van der Waals surface area contributed by atoms with Crippen LogP contribution in [0.4, 0.5) is 0 Å². The van der Waals surface area contributed by atoms with Crippen LogP contribution in [-0.4, -0.2) is 29.5 Å². The molecule has 1 unspecified atom stereocenters. The average molecular weight is 208 g/mol. The first-order valence-electron chi connectivity index (χ1n) is 4.42. The summed E-state index contributed by atoms with van der Waals surface area (Å²) in [4.78, 5) is 11.4. The van der Waals surface area contributed by atoms with E-state index >= 15 is 0 Å². The topological polar surface area (TPSA) is 49.3 Å². The van der Waals surface area contributed by atoms with Crippen molar-refractivity contribution in [2.45, 2.75) is 33.3 Å². The Morgan fingerprint density at radius 2 is 2.15 bits per heavy atom. The zero-order valence-corrected chi connectivity index (χ0v) is 9.19. The first-order chi connectivity index (χ1) is 5.90. The van der Waals surface area contributed by atoms with Crippen LogP contribution in [0.15, 0.2) is 0 Å². The molecule has 0 aliphatic rings. The van der Waals surface area contributed by atoms with Gasteiger partial charge >= 0.3 is 0 Å². The molecule has 1 atom stereocenters. The zero-order chi connectivity index (χ0) is 10.5. The number of halogens is 1. The predicted molar refractivity (Wildman–Crippen MR) is 53.8 cm³/mol. The van der Waals surface area contributed by atoms with Crippen molar-refractivity contribution in [2.24, 2.45) is 5.41 Å². The summed E-state index contributed by atoms with van der Waals surface area (Å²) >= 11 is 5.62. The molecule has 0 saturated heterocycles. The molecule has 0 saturated carbocycles. The van der Waals surface area contributed by atoms with Crippen LogP contribution in [0.3, 0.4) is 0 Å². The van der Waals surface area contributed by atoms with Gasteiger partial charge in [-0.25, -0.2) is 0 Å². The molecule has 0 fully saturated rings. The van der Waals surface area contributed by atoms with E-state index in [1.54, 1.807) is 20.8 Å². The van der Waals surface area contributed by atoms with Crippen LogP contribution < -0.4 is 5.32 Å². The number of hydrogen-bond donors (Lipinski definition) is 2. The van der Waals surface area contributed by atoms with E-state index in [4.69, 9.17) is 16.7 Å². The van der Waals surface area contributed by atoms with E-state index in [1.807, 2.05) is 0 Å². The highest BCUT2D eigenvalue weighted by atomic mass is 35.5. The Bertz CT molecular complexity index is 169. The maximum atomic E-state index is 11.4. The first-order valence-corrected chi connectivity index (χ1v) is 4.96. The van der Waals surface area contributed by atoms with Crippen molar-refractivity contribution in [2.75, 3.05) is 12.4 Å². The van der Waals surface area contributed by atoms with E-state index in [0.29, 0.717) is 18.8 Å². The zero-order valence-electron chi connectivity index (χ0n) is 8.43. The smallest absolute Gasteiger partial charge is 0.226 e. The van der Waals surface area contributed by atoms with E-state index in [0.717, 1.165) is 0 Å². The van der Waals surface area contributed by atoms with Crippen LogP contribution >= 0.6 is 11.6 Å². The van der Waals surface area contributed by atoms with Crippen molar-refractivity contribution in [3.8, 4) is 0 Å². The molecule has 0 heterocycles. The van der Waals surface area contributed by atoms with E-state index in [1.165, 1.54) is 0 Å². The fourth-order valence-corrected chi connectivity index (χ4v) is 0.816. The monoisotopic (exact) mass is 207 g/mol. The van der Waals surface area contributed by atoms with Crippen molar-refractivity contribution in [3.63, 3.8) is 0 Å². The van der Waals surface area contributed by atoms with Gasteiger partial charge in [0.2, 0.25) is 5.91 Å². The minimum Gasteiger partial charge on any atom is -0.393 e. The normalized spacial score (nSPS) is 13.9. The van der Waals surface area contributed by atoms with E-state index in [-0.39, 0.29) is 12.0 Å². The van der Waals surface area contributed by atoms with Crippen molar-refractivity contribution in [3.05, 3.63) is 0 Å². The number of amides is 1. The molecule has 0 rings (SSSR count).